The standard InChI is InChI=1S/C23H30N2O4/c1-6-13-25(14-7-2)22(27)21(26)20-19(17-11-9-15(4)10-12-17)18(16(5)24-20)23(28)29-8-3/h9-12,24H,6-8,13-14H2,1-5H3. The number of H-pyrrole nitrogens is 1. The summed E-state index contributed by atoms with van der Waals surface area (Å²) in [6.07, 6.45) is 1.53. The van der Waals surface area contributed by atoms with E-state index >= 15 is 0 Å². The summed E-state index contributed by atoms with van der Waals surface area (Å²) in [4.78, 5) is 43.3. The van der Waals surface area contributed by atoms with Crippen molar-refractivity contribution in [3.05, 3.63) is 46.8 Å². The second-order valence-corrected chi connectivity index (χ2v) is 7.08. The van der Waals surface area contributed by atoms with E-state index in [1.807, 2.05) is 45.0 Å². The lowest BCUT2D eigenvalue weighted by molar-refractivity contribution is -0.126. The molecule has 0 saturated carbocycles. The van der Waals surface area contributed by atoms with E-state index in [9.17, 15) is 14.4 Å². The van der Waals surface area contributed by atoms with Crippen LogP contribution in [0.5, 0.6) is 0 Å². The number of amides is 1. The molecule has 0 aliphatic rings. The molecule has 0 aliphatic heterocycles. The molecule has 2 rings (SSSR count). The fourth-order valence-electron chi connectivity index (χ4n) is 3.37. The fraction of sp³-hybridized carbons (Fsp3) is 0.435. The van der Waals surface area contributed by atoms with Crippen LogP contribution in [0.25, 0.3) is 11.1 Å². The zero-order chi connectivity index (χ0) is 21.6. The molecule has 1 aromatic carbocycles. The Morgan fingerprint density at radius 2 is 1.55 bits per heavy atom. The second kappa shape index (κ2) is 10.0. The molecule has 1 amide bonds. The first-order chi connectivity index (χ1) is 13.8. The number of nitrogens with one attached hydrogen (secondary N) is 1. The number of Topliss-reactive ketones (excluding diaryl/α,β-unsaturated/α-hetero) is 1. The Bertz CT molecular complexity index is 875. The van der Waals surface area contributed by atoms with Gasteiger partial charge < -0.3 is 14.6 Å². The molecule has 0 aliphatic carbocycles. The highest BCUT2D eigenvalue weighted by Gasteiger charge is 2.31. The highest BCUT2D eigenvalue weighted by atomic mass is 16.5. The van der Waals surface area contributed by atoms with Gasteiger partial charge >= 0.3 is 5.97 Å². The Morgan fingerprint density at radius 1 is 0.966 bits per heavy atom. The van der Waals surface area contributed by atoms with Gasteiger partial charge in [0.2, 0.25) is 0 Å². The number of nitrogens with zero attached hydrogens (tertiary/aromatic N) is 1. The molecular weight excluding hydrogens is 368 g/mol. The number of aromatic amines is 1. The number of carbonyl (C=O) groups is 3. The van der Waals surface area contributed by atoms with E-state index in [0.29, 0.717) is 35.5 Å². The third kappa shape index (κ3) is 4.94. The van der Waals surface area contributed by atoms with Crippen molar-refractivity contribution in [2.75, 3.05) is 19.7 Å². The molecule has 0 saturated heterocycles. The highest BCUT2D eigenvalue weighted by Crippen LogP contribution is 2.32. The largest absolute Gasteiger partial charge is 0.462 e. The molecule has 0 spiro atoms. The maximum atomic E-state index is 13.2. The SMILES string of the molecule is CCCN(CCC)C(=O)C(=O)c1[nH]c(C)c(C(=O)OCC)c1-c1ccc(C)cc1. The van der Waals surface area contributed by atoms with Crippen LogP contribution in [0.3, 0.4) is 0 Å². The molecule has 0 unspecified atom stereocenters. The van der Waals surface area contributed by atoms with Crippen LogP contribution >= 0.6 is 0 Å². The molecule has 0 radical (unpaired) electrons. The average molecular weight is 399 g/mol. The molecule has 0 atom stereocenters. The summed E-state index contributed by atoms with van der Waals surface area (Å²) >= 11 is 0. The molecule has 6 heteroatoms. The third-order valence-corrected chi connectivity index (χ3v) is 4.70. The summed E-state index contributed by atoms with van der Waals surface area (Å²) in [5.74, 6) is -1.71. The van der Waals surface area contributed by atoms with Gasteiger partial charge in [0.1, 0.15) is 5.69 Å². The number of aryl methyl sites for hydroxylation is 2. The minimum atomic E-state index is -0.638. The van der Waals surface area contributed by atoms with E-state index in [1.54, 1.807) is 18.7 Å². The smallest absolute Gasteiger partial charge is 0.340 e. The van der Waals surface area contributed by atoms with Crippen molar-refractivity contribution in [1.29, 1.82) is 0 Å². The molecule has 1 aromatic heterocycles. The fourth-order valence-corrected chi connectivity index (χ4v) is 3.37. The number of rotatable bonds is 9. The van der Waals surface area contributed by atoms with Crippen LogP contribution in [-0.4, -0.2) is 47.2 Å². The van der Waals surface area contributed by atoms with Gasteiger partial charge in [-0.15, -0.1) is 0 Å². The van der Waals surface area contributed by atoms with Crippen molar-refractivity contribution in [3.8, 4) is 11.1 Å². The van der Waals surface area contributed by atoms with Crippen LogP contribution in [0, 0.1) is 13.8 Å². The van der Waals surface area contributed by atoms with Crippen LogP contribution in [-0.2, 0) is 9.53 Å². The van der Waals surface area contributed by atoms with Gasteiger partial charge in [-0.1, -0.05) is 43.7 Å². The molecular formula is C23H30N2O4. The number of carbonyl (C=O) groups excluding carboxylic acids is 3. The monoisotopic (exact) mass is 398 g/mol. The van der Waals surface area contributed by atoms with Crippen molar-refractivity contribution in [3.63, 3.8) is 0 Å². The Labute approximate surface area is 172 Å². The molecule has 2 aromatic rings. The molecule has 0 bridgehead atoms. The van der Waals surface area contributed by atoms with Crippen molar-refractivity contribution >= 4 is 17.7 Å². The van der Waals surface area contributed by atoms with Gasteiger partial charge in [-0.05, 0) is 39.2 Å². The van der Waals surface area contributed by atoms with Crippen molar-refractivity contribution in [2.45, 2.75) is 47.5 Å². The Morgan fingerprint density at radius 3 is 2.07 bits per heavy atom. The minimum Gasteiger partial charge on any atom is -0.462 e. The van der Waals surface area contributed by atoms with Crippen LogP contribution < -0.4 is 0 Å². The summed E-state index contributed by atoms with van der Waals surface area (Å²) in [6, 6.07) is 7.50. The number of hydrogen-bond acceptors (Lipinski definition) is 4. The van der Waals surface area contributed by atoms with Crippen molar-refractivity contribution in [2.24, 2.45) is 0 Å². The van der Waals surface area contributed by atoms with Crippen LogP contribution in [0.15, 0.2) is 24.3 Å². The average Bonchev–Trinajstić information content (AvgIpc) is 3.04. The molecule has 6 nitrogen and oxygen atoms in total. The lowest BCUT2D eigenvalue weighted by atomic mass is 9.97. The Hall–Kier alpha value is -2.89. The van der Waals surface area contributed by atoms with E-state index in [0.717, 1.165) is 18.4 Å². The van der Waals surface area contributed by atoms with Gasteiger partial charge in [0.25, 0.3) is 11.7 Å². The number of esters is 1. The highest BCUT2D eigenvalue weighted by molar-refractivity contribution is 6.43. The van der Waals surface area contributed by atoms with E-state index in [4.69, 9.17) is 4.74 Å². The molecule has 0 fully saturated rings. The molecule has 29 heavy (non-hydrogen) atoms. The first kappa shape index (κ1) is 22.4. The first-order valence-electron chi connectivity index (χ1n) is 10.2. The predicted molar refractivity (Wildman–Crippen MR) is 113 cm³/mol. The van der Waals surface area contributed by atoms with Gasteiger partial charge in [0, 0.05) is 24.3 Å². The van der Waals surface area contributed by atoms with Gasteiger partial charge in [-0.25, -0.2) is 4.79 Å². The number of benzene rings is 1. The Balaban J connectivity index is 2.60. The van der Waals surface area contributed by atoms with E-state index in [1.165, 1.54) is 0 Å². The summed E-state index contributed by atoms with van der Waals surface area (Å²) in [5, 5.41) is 0. The van der Waals surface area contributed by atoms with Gasteiger partial charge in [-0.2, -0.15) is 0 Å². The number of ketones is 1. The summed E-state index contributed by atoms with van der Waals surface area (Å²) < 4.78 is 5.21. The van der Waals surface area contributed by atoms with Crippen molar-refractivity contribution in [1.82, 2.24) is 9.88 Å². The number of aromatic nitrogens is 1. The van der Waals surface area contributed by atoms with Gasteiger partial charge in [0.05, 0.1) is 12.2 Å². The summed E-state index contributed by atoms with van der Waals surface area (Å²) in [6.45, 7) is 10.6. The zero-order valence-electron chi connectivity index (χ0n) is 17.9. The van der Waals surface area contributed by atoms with Gasteiger partial charge in [0.15, 0.2) is 0 Å². The maximum Gasteiger partial charge on any atom is 0.340 e. The normalized spacial score (nSPS) is 10.7. The van der Waals surface area contributed by atoms with Gasteiger partial charge in [-0.3, -0.25) is 9.59 Å². The lowest BCUT2D eigenvalue weighted by Crippen LogP contribution is -2.38. The Kier molecular flexibility index (Phi) is 7.76. The van der Waals surface area contributed by atoms with Crippen LogP contribution in [0.4, 0.5) is 0 Å². The molecule has 156 valence electrons. The third-order valence-electron chi connectivity index (χ3n) is 4.70. The quantitative estimate of drug-likeness (QED) is 0.388. The molecule has 1 heterocycles. The first-order valence-corrected chi connectivity index (χ1v) is 10.2. The van der Waals surface area contributed by atoms with Crippen LogP contribution in [0.1, 0.15) is 65.7 Å². The van der Waals surface area contributed by atoms with E-state index in [-0.39, 0.29) is 12.3 Å². The lowest BCUT2D eigenvalue weighted by Gasteiger charge is -2.20. The number of hydrogen-bond donors (Lipinski definition) is 1. The molecule has 1 N–H and O–H groups in total. The number of ether oxygens (including phenoxy) is 1. The summed E-state index contributed by atoms with van der Waals surface area (Å²) in [7, 11) is 0. The minimum absolute atomic E-state index is 0.136. The van der Waals surface area contributed by atoms with Crippen molar-refractivity contribution < 1.29 is 19.1 Å². The van der Waals surface area contributed by atoms with E-state index < -0.39 is 17.7 Å². The maximum absolute atomic E-state index is 13.2. The predicted octanol–water partition coefficient (Wildman–Crippen LogP) is 4.31. The van der Waals surface area contributed by atoms with Crippen LogP contribution in [0.2, 0.25) is 0 Å². The second-order valence-electron chi connectivity index (χ2n) is 7.08. The zero-order valence-corrected chi connectivity index (χ0v) is 17.9. The van der Waals surface area contributed by atoms with E-state index in [2.05, 4.69) is 4.98 Å². The topological polar surface area (TPSA) is 79.5 Å². The summed E-state index contributed by atoms with van der Waals surface area (Å²) in [5.41, 5.74) is 3.11.